The van der Waals surface area contributed by atoms with Crippen molar-refractivity contribution < 1.29 is 14.7 Å². The maximum Gasteiger partial charge on any atom is 0.352 e. The van der Waals surface area contributed by atoms with Crippen LogP contribution in [0.4, 0.5) is 0 Å². The summed E-state index contributed by atoms with van der Waals surface area (Å²) in [7, 11) is 0. The molecule has 0 aliphatic carbocycles. The molecule has 1 aromatic carbocycles. The van der Waals surface area contributed by atoms with Crippen LogP contribution in [-0.4, -0.2) is 17.0 Å². The number of benzene rings is 1. The monoisotopic (exact) mass is 331 g/mol. The third-order valence-corrected chi connectivity index (χ3v) is 2.37. The second-order valence-electron chi connectivity index (χ2n) is 3.10. The summed E-state index contributed by atoms with van der Waals surface area (Å²) in [6.45, 7) is 1.27. The first-order valence-corrected chi connectivity index (χ1v) is 5.55. The van der Waals surface area contributed by atoms with Crippen LogP contribution in [0.3, 0.4) is 0 Å². The number of carbonyl (C=O) groups is 2. The van der Waals surface area contributed by atoms with Gasteiger partial charge in [0, 0.05) is 10.5 Å². The highest BCUT2D eigenvalue weighted by Crippen LogP contribution is 2.10. The molecule has 0 aliphatic rings. The van der Waals surface area contributed by atoms with Gasteiger partial charge in [-0.25, -0.2) is 4.79 Å². The fourth-order valence-corrected chi connectivity index (χ4v) is 1.67. The number of hydrogen-bond acceptors (Lipinski definition) is 2. The normalized spacial score (nSPS) is 11.0. The topological polar surface area (TPSA) is 66.4 Å². The molecule has 0 aliphatic heterocycles. The Kier molecular flexibility index (Phi) is 4.48. The van der Waals surface area contributed by atoms with Crippen LogP contribution >= 0.6 is 22.6 Å². The van der Waals surface area contributed by atoms with E-state index in [9.17, 15) is 9.59 Å². The summed E-state index contributed by atoms with van der Waals surface area (Å²) >= 11 is 2.13. The van der Waals surface area contributed by atoms with Crippen molar-refractivity contribution in [2.45, 2.75) is 6.92 Å². The van der Waals surface area contributed by atoms with Crippen molar-refractivity contribution in [3.05, 3.63) is 39.1 Å². The van der Waals surface area contributed by atoms with Crippen LogP contribution in [0.2, 0.25) is 0 Å². The van der Waals surface area contributed by atoms with E-state index in [-0.39, 0.29) is 5.70 Å². The van der Waals surface area contributed by atoms with Gasteiger partial charge >= 0.3 is 5.97 Å². The van der Waals surface area contributed by atoms with Crippen LogP contribution in [0.25, 0.3) is 6.08 Å². The van der Waals surface area contributed by atoms with E-state index < -0.39 is 11.9 Å². The molecular formula is C11H10INO3. The molecule has 2 N–H and O–H groups in total. The van der Waals surface area contributed by atoms with Crippen molar-refractivity contribution in [3.63, 3.8) is 0 Å². The van der Waals surface area contributed by atoms with E-state index in [0.29, 0.717) is 0 Å². The third-order valence-electron chi connectivity index (χ3n) is 1.70. The molecule has 1 rings (SSSR count). The standard InChI is InChI=1S/C11H10INO3/c1-7(14)13-10(11(15)16)6-8-3-2-4-9(12)5-8/h2-6H,1H3,(H,13,14)(H,15,16). The lowest BCUT2D eigenvalue weighted by Crippen LogP contribution is -2.24. The van der Waals surface area contributed by atoms with Gasteiger partial charge in [0.1, 0.15) is 5.70 Å². The molecule has 1 aromatic rings. The molecule has 0 bridgehead atoms. The minimum atomic E-state index is -1.16. The number of aliphatic carboxylic acids is 1. The molecule has 84 valence electrons. The van der Waals surface area contributed by atoms with Crippen molar-refractivity contribution in [1.29, 1.82) is 0 Å². The Morgan fingerprint density at radius 3 is 2.62 bits per heavy atom. The number of halogens is 1. The summed E-state index contributed by atoms with van der Waals surface area (Å²) in [5.74, 6) is -1.56. The largest absolute Gasteiger partial charge is 0.477 e. The van der Waals surface area contributed by atoms with Gasteiger partial charge in [0.2, 0.25) is 5.91 Å². The molecule has 0 unspecified atom stereocenters. The summed E-state index contributed by atoms with van der Waals surface area (Å²) < 4.78 is 0.999. The maximum atomic E-state index is 10.8. The first-order valence-electron chi connectivity index (χ1n) is 4.47. The van der Waals surface area contributed by atoms with Gasteiger partial charge in [-0.1, -0.05) is 12.1 Å². The summed E-state index contributed by atoms with van der Waals surface area (Å²) in [4.78, 5) is 21.6. The van der Waals surface area contributed by atoms with Gasteiger partial charge in [-0.15, -0.1) is 0 Å². The first kappa shape index (κ1) is 12.7. The third kappa shape index (κ3) is 4.01. The van der Waals surface area contributed by atoms with Crippen LogP contribution in [-0.2, 0) is 9.59 Å². The Balaban J connectivity index is 3.02. The van der Waals surface area contributed by atoms with Crippen LogP contribution in [0, 0.1) is 3.57 Å². The van der Waals surface area contributed by atoms with E-state index >= 15 is 0 Å². The van der Waals surface area contributed by atoms with Crippen LogP contribution in [0.15, 0.2) is 30.0 Å². The van der Waals surface area contributed by atoms with E-state index in [2.05, 4.69) is 27.9 Å². The van der Waals surface area contributed by atoms with Crippen molar-refractivity contribution >= 4 is 40.5 Å². The highest BCUT2D eigenvalue weighted by molar-refractivity contribution is 14.1. The van der Waals surface area contributed by atoms with E-state index in [1.807, 2.05) is 18.2 Å². The highest BCUT2D eigenvalue weighted by atomic mass is 127. The molecule has 0 saturated heterocycles. The lowest BCUT2D eigenvalue weighted by atomic mass is 10.2. The molecule has 0 saturated carbocycles. The number of carboxylic acids is 1. The average molecular weight is 331 g/mol. The zero-order valence-corrected chi connectivity index (χ0v) is 10.7. The van der Waals surface area contributed by atoms with Crippen molar-refractivity contribution in [1.82, 2.24) is 5.32 Å². The number of hydrogen-bond donors (Lipinski definition) is 2. The Bertz CT molecular complexity index is 454. The van der Waals surface area contributed by atoms with Crippen LogP contribution in [0.1, 0.15) is 12.5 Å². The SMILES string of the molecule is CC(=O)NC(=Cc1cccc(I)c1)C(=O)O. The van der Waals surface area contributed by atoms with Gasteiger partial charge in [0.15, 0.2) is 0 Å². The molecule has 0 spiro atoms. The molecule has 0 aromatic heterocycles. The van der Waals surface area contributed by atoms with E-state index in [1.165, 1.54) is 13.0 Å². The molecule has 0 radical (unpaired) electrons. The number of nitrogens with one attached hydrogen (secondary N) is 1. The second-order valence-corrected chi connectivity index (χ2v) is 4.34. The van der Waals surface area contributed by atoms with E-state index in [1.54, 1.807) is 6.07 Å². The molecule has 0 atom stereocenters. The highest BCUT2D eigenvalue weighted by Gasteiger charge is 2.08. The summed E-state index contributed by atoms with van der Waals surface area (Å²) in [6, 6.07) is 7.32. The van der Waals surface area contributed by atoms with Crippen molar-refractivity contribution in [2.24, 2.45) is 0 Å². The smallest absolute Gasteiger partial charge is 0.352 e. The molecule has 1 amide bonds. The predicted molar refractivity (Wildman–Crippen MR) is 68.6 cm³/mol. The minimum absolute atomic E-state index is 0.130. The van der Waals surface area contributed by atoms with Gasteiger partial charge < -0.3 is 10.4 Å². The Morgan fingerprint density at radius 1 is 1.44 bits per heavy atom. The lowest BCUT2D eigenvalue weighted by molar-refractivity contribution is -0.134. The Labute approximate surface area is 106 Å². The Hall–Kier alpha value is -1.37. The molecule has 16 heavy (non-hydrogen) atoms. The average Bonchev–Trinajstić information content (AvgIpc) is 2.15. The van der Waals surface area contributed by atoms with Gasteiger partial charge in [-0.2, -0.15) is 0 Å². The van der Waals surface area contributed by atoms with Gasteiger partial charge in [-0.05, 0) is 46.4 Å². The fourth-order valence-electron chi connectivity index (χ4n) is 1.10. The molecule has 4 nitrogen and oxygen atoms in total. The number of amides is 1. The summed E-state index contributed by atoms with van der Waals surface area (Å²) in [5, 5.41) is 11.1. The maximum absolute atomic E-state index is 10.8. The number of carboxylic acid groups (broad SMARTS) is 1. The summed E-state index contributed by atoms with van der Waals surface area (Å²) in [6.07, 6.45) is 1.42. The molecule has 5 heteroatoms. The van der Waals surface area contributed by atoms with Crippen molar-refractivity contribution in [3.8, 4) is 0 Å². The van der Waals surface area contributed by atoms with Gasteiger partial charge in [-0.3, -0.25) is 4.79 Å². The van der Waals surface area contributed by atoms with Crippen molar-refractivity contribution in [2.75, 3.05) is 0 Å². The minimum Gasteiger partial charge on any atom is -0.477 e. The van der Waals surface area contributed by atoms with E-state index in [0.717, 1.165) is 9.13 Å². The zero-order valence-electron chi connectivity index (χ0n) is 8.53. The fraction of sp³-hybridized carbons (Fsp3) is 0.0909. The summed E-state index contributed by atoms with van der Waals surface area (Å²) in [5.41, 5.74) is 0.604. The predicted octanol–water partition coefficient (Wildman–Crippen LogP) is 1.85. The van der Waals surface area contributed by atoms with E-state index in [4.69, 9.17) is 5.11 Å². The second kappa shape index (κ2) is 5.64. The Morgan fingerprint density at radius 2 is 2.12 bits per heavy atom. The van der Waals surface area contributed by atoms with Gasteiger partial charge in [0.25, 0.3) is 0 Å². The quantitative estimate of drug-likeness (QED) is 0.656. The van der Waals surface area contributed by atoms with Gasteiger partial charge in [0.05, 0.1) is 0 Å². The molecule has 0 fully saturated rings. The molecular weight excluding hydrogens is 321 g/mol. The zero-order chi connectivity index (χ0) is 12.1. The number of rotatable bonds is 3. The van der Waals surface area contributed by atoms with Crippen LogP contribution < -0.4 is 5.32 Å². The van der Waals surface area contributed by atoms with Crippen LogP contribution in [0.5, 0.6) is 0 Å². The lowest BCUT2D eigenvalue weighted by Gasteiger charge is -2.03. The molecule has 0 heterocycles. The first-order chi connectivity index (χ1) is 7.49. The number of carbonyl (C=O) groups excluding carboxylic acids is 1.